The maximum Gasteiger partial charge on any atom is 0.307 e. The van der Waals surface area contributed by atoms with Crippen LogP contribution in [0.1, 0.15) is 24.9 Å². The van der Waals surface area contributed by atoms with Crippen LogP contribution in [0.2, 0.25) is 0 Å². The third kappa shape index (κ3) is 4.54. The fourth-order valence-corrected chi connectivity index (χ4v) is 2.24. The van der Waals surface area contributed by atoms with Gasteiger partial charge in [-0.05, 0) is 20.0 Å². The first kappa shape index (κ1) is 16.5. The number of nitrogens with two attached hydrogens (primary N) is 1. The molecule has 0 amide bonds. The molecule has 0 radical (unpaired) electrons. The maximum atomic E-state index is 13.8. The number of thiocarbonyl (C=S) groups is 1. The first-order chi connectivity index (χ1) is 9.47. The number of hydrogen-bond donors (Lipinski definition) is 1. The van der Waals surface area contributed by atoms with Gasteiger partial charge in [-0.25, -0.2) is 4.39 Å². The van der Waals surface area contributed by atoms with Crippen LogP contribution in [-0.4, -0.2) is 36.1 Å². The topological polar surface area (TPSA) is 55.6 Å². The van der Waals surface area contributed by atoms with Crippen LogP contribution in [0.15, 0.2) is 24.3 Å². The highest BCUT2D eigenvalue weighted by Gasteiger charge is 2.23. The van der Waals surface area contributed by atoms with Gasteiger partial charge in [-0.1, -0.05) is 30.4 Å². The lowest BCUT2D eigenvalue weighted by Crippen LogP contribution is -2.36. The van der Waals surface area contributed by atoms with Gasteiger partial charge >= 0.3 is 5.97 Å². The minimum Gasteiger partial charge on any atom is -0.466 e. The number of hydrogen-bond acceptors (Lipinski definition) is 4. The van der Waals surface area contributed by atoms with Gasteiger partial charge in [0.15, 0.2) is 0 Å². The molecule has 0 saturated heterocycles. The standard InChI is InChI=1S/C14H19FN2O2S/c1-3-19-12(18)8-9-17(2)13(14(16)20)10-6-4-5-7-11(10)15/h4-7,13H,3,8-9H2,1-2H3,(H2,16,20). The Balaban J connectivity index is 2.79. The Kier molecular flexibility index (Phi) is 6.54. The van der Waals surface area contributed by atoms with Crippen LogP contribution in [-0.2, 0) is 9.53 Å². The van der Waals surface area contributed by atoms with Crippen molar-refractivity contribution < 1.29 is 13.9 Å². The molecule has 0 aromatic heterocycles. The lowest BCUT2D eigenvalue weighted by atomic mass is 10.0. The summed E-state index contributed by atoms with van der Waals surface area (Å²) in [5, 5.41) is 0. The van der Waals surface area contributed by atoms with Crippen LogP contribution >= 0.6 is 12.2 Å². The number of esters is 1. The van der Waals surface area contributed by atoms with E-state index in [1.54, 1.807) is 37.1 Å². The largest absolute Gasteiger partial charge is 0.466 e. The molecule has 110 valence electrons. The molecule has 4 nitrogen and oxygen atoms in total. The van der Waals surface area contributed by atoms with Crippen LogP contribution in [0.3, 0.4) is 0 Å². The van der Waals surface area contributed by atoms with Crippen LogP contribution in [0.4, 0.5) is 4.39 Å². The van der Waals surface area contributed by atoms with Crippen molar-refractivity contribution in [2.45, 2.75) is 19.4 Å². The van der Waals surface area contributed by atoms with Gasteiger partial charge in [0.2, 0.25) is 0 Å². The van der Waals surface area contributed by atoms with E-state index in [0.29, 0.717) is 18.7 Å². The van der Waals surface area contributed by atoms with Gasteiger partial charge in [-0.3, -0.25) is 9.69 Å². The van der Waals surface area contributed by atoms with E-state index in [-0.39, 0.29) is 23.2 Å². The summed E-state index contributed by atoms with van der Waals surface area (Å²) >= 11 is 5.02. The first-order valence-electron chi connectivity index (χ1n) is 6.37. The molecule has 1 unspecified atom stereocenters. The molecule has 0 heterocycles. The average molecular weight is 298 g/mol. The predicted octanol–water partition coefficient (Wildman–Crippen LogP) is 2.04. The van der Waals surface area contributed by atoms with Gasteiger partial charge < -0.3 is 10.5 Å². The lowest BCUT2D eigenvalue weighted by molar-refractivity contribution is -0.143. The molecule has 1 rings (SSSR count). The number of rotatable bonds is 7. The number of benzene rings is 1. The molecule has 20 heavy (non-hydrogen) atoms. The molecule has 1 atom stereocenters. The van der Waals surface area contributed by atoms with E-state index in [9.17, 15) is 9.18 Å². The highest BCUT2D eigenvalue weighted by atomic mass is 32.1. The highest BCUT2D eigenvalue weighted by molar-refractivity contribution is 7.80. The van der Waals surface area contributed by atoms with Crippen LogP contribution < -0.4 is 5.73 Å². The minimum absolute atomic E-state index is 0.168. The normalized spacial score (nSPS) is 12.2. The van der Waals surface area contributed by atoms with E-state index in [1.165, 1.54) is 6.07 Å². The van der Waals surface area contributed by atoms with Crippen molar-refractivity contribution in [3.05, 3.63) is 35.6 Å². The van der Waals surface area contributed by atoms with Gasteiger partial charge in [-0.2, -0.15) is 0 Å². The zero-order valence-electron chi connectivity index (χ0n) is 11.6. The summed E-state index contributed by atoms with van der Waals surface area (Å²) in [4.78, 5) is 13.3. The Morgan fingerprint density at radius 2 is 2.15 bits per heavy atom. The number of likely N-dealkylation sites (N-methyl/N-ethyl adjacent to an activating group) is 1. The summed E-state index contributed by atoms with van der Waals surface area (Å²) in [6.45, 7) is 2.47. The SMILES string of the molecule is CCOC(=O)CCN(C)C(C(N)=S)c1ccccc1F. The van der Waals surface area contributed by atoms with Gasteiger partial charge in [0, 0.05) is 12.1 Å². The van der Waals surface area contributed by atoms with E-state index >= 15 is 0 Å². The quantitative estimate of drug-likeness (QED) is 0.616. The molecular formula is C14H19FN2O2S. The maximum absolute atomic E-state index is 13.8. The van der Waals surface area contributed by atoms with Gasteiger partial charge in [0.25, 0.3) is 0 Å². The Morgan fingerprint density at radius 1 is 1.50 bits per heavy atom. The van der Waals surface area contributed by atoms with Crippen molar-refractivity contribution in [2.75, 3.05) is 20.2 Å². The smallest absolute Gasteiger partial charge is 0.307 e. The Hall–Kier alpha value is -1.53. The van der Waals surface area contributed by atoms with E-state index < -0.39 is 6.04 Å². The molecule has 0 aliphatic carbocycles. The van der Waals surface area contributed by atoms with Crippen molar-refractivity contribution in [1.82, 2.24) is 4.90 Å². The van der Waals surface area contributed by atoms with E-state index in [1.807, 2.05) is 0 Å². The van der Waals surface area contributed by atoms with Crippen molar-refractivity contribution >= 4 is 23.2 Å². The van der Waals surface area contributed by atoms with E-state index in [0.717, 1.165) is 0 Å². The second-order valence-electron chi connectivity index (χ2n) is 4.36. The average Bonchev–Trinajstić information content (AvgIpc) is 2.39. The Bertz CT molecular complexity index is 482. The first-order valence-corrected chi connectivity index (χ1v) is 6.77. The van der Waals surface area contributed by atoms with Crippen LogP contribution in [0.25, 0.3) is 0 Å². The molecule has 2 N–H and O–H groups in total. The van der Waals surface area contributed by atoms with Crippen LogP contribution in [0, 0.1) is 5.82 Å². The third-order valence-corrected chi connectivity index (χ3v) is 3.11. The molecular weight excluding hydrogens is 279 g/mol. The molecule has 1 aromatic carbocycles. The number of halogens is 1. The van der Waals surface area contributed by atoms with Crippen molar-refractivity contribution in [3.8, 4) is 0 Å². The van der Waals surface area contributed by atoms with Crippen molar-refractivity contribution in [1.29, 1.82) is 0 Å². The second-order valence-corrected chi connectivity index (χ2v) is 4.83. The molecule has 0 saturated carbocycles. The Morgan fingerprint density at radius 3 is 2.70 bits per heavy atom. The minimum atomic E-state index is -0.541. The zero-order valence-corrected chi connectivity index (χ0v) is 12.5. The van der Waals surface area contributed by atoms with Gasteiger partial charge in [0.05, 0.1) is 24.1 Å². The lowest BCUT2D eigenvalue weighted by Gasteiger charge is -2.27. The summed E-state index contributed by atoms with van der Waals surface area (Å²) in [7, 11) is 1.75. The third-order valence-electron chi connectivity index (χ3n) is 2.88. The fourth-order valence-electron chi connectivity index (χ4n) is 1.93. The highest BCUT2D eigenvalue weighted by Crippen LogP contribution is 2.22. The predicted molar refractivity (Wildman–Crippen MR) is 79.8 cm³/mol. The molecule has 0 fully saturated rings. The molecule has 0 spiro atoms. The van der Waals surface area contributed by atoms with Crippen molar-refractivity contribution in [3.63, 3.8) is 0 Å². The van der Waals surface area contributed by atoms with Crippen LogP contribution in [0.5, 0.6) is 0 Å². The summed E-state index contributed by atoms with van der Waals surface area (Å²) in [6.07, 6.45) is 0.206. The number of carbonyl (C=O) groups is 1. The van der Waals surface area contributed by atoms with Gasteiger partial charge in [0.1, 0.15) is 5.82 Å². The zero-order chi connectivity index (χ0) is 15.1. The number of nitrogens with zero attached hydrogens (tertiary/aromatic N) is 1. The molecule has 6 heteroatoms. The van der Waals surface area contributed by atoms with Gasteiger partial charge in [-0.15, -0.1) is 0 Å². The van der Waals surface area contributed by atoms with E-state index in [4.69, 9.17) is 22.7 Å². The summed E-state index contributed by atoms with van der Waals surface area (Å²) in [5.41, 5.74) is 6.12. The Labute approximate surface area is 123 Å². The number of ether oxygens (including phenoxy) is 1. The summed E-state index contributed by atoms with van der Waals surface area (Å²) in [5.74, 6) is -0.664. The summed E-state index contributed by atoms with van der Waals surface area (Å²) in [6, 6.07) is 5.79. The molecule has 0 aliphatic rings. The molecule has 0 bridgehead atoms. The van der Waals surface area contributed by atoms with E-state index in [2.05, 4.69) is 0 Å². The summed E-state index contributed by atoms with van der Waals surface area (Å²) < 4.78 is 18.7. The van der Waals surface area contributed by atoms with Crippen molar-refractivity contribution in [2.24, 2.45) is 5.73 Å². The molecule has 1 aromatic rings. The number of carbonyl (C=O) groups excluding carboxylic acids is 1. The monoisotopic (exact) mass is 298 g/mol. The molecule has 0 aliphatic heterocycles. The second kappa shape index (κ2) is 7.91. The fraction of sp³-hybridized carbons (Fsp3) is 0.429.